The van der Waals surface area contributed by atoms with E-state index in [1.165, 1.54) is 0 Å². The summed E-state index contributed by atoms with van der Waals surface area (Å²) in [6.07, 6.45) is 0. The number of hydrogen-bond donors (Lipinski definition) is 0. The van der Waals surface area contributed by atoms with E-state index in [1.54, 1.807) is 7.11 Å². The first kappa shape index (κ1) is 9.69. The van der Waals surface area contributed by atoms with E-state index in [4.69, 9.17) is 21.1 Å². The van der Waals surface area contributed by atoms with Crippen LogP contribution >= 0.6 is 27.5 Å². The van der Waals surface area contributed by atoms with Crippen LogP contribution in [-0.4, -0.2) is 31.2 Å². The van der Waals surface area contributed by atoms with E-state index < -0.39 is 0 Å². The normalized spacial score (nSPS) is 13.7. The maximum atomic E-state index is 5.42. The second-order valence-electron chi connectivity index (χ2n) is 1.43. The SMILES string of the molecule is COCCO[C@@H](Br)CCl. The van der Waals surface area contributed by atoms with Crippen molar-refractivity contribution in [1.82, 2.24) is 0 Å². The van der Waals surface area contributed by atoms with Crippen molar-refractivity contribution in [2.24, 2.45) is 0 Å². The number of ether oxygens (including phenoxy) is 2. The maximum absolute atomic E-state index is 5.42. The summed E-state index contributed by atoms with van der Waals surface area (Å²) in [6, 6.07) is 0. The average Bonchev–Trinajstić information content (AvgIpc) is 1.89. The van der Waals surface area contributed by atoms with E-state index >= 15 is 0 Å². The van der Waals surface area contributed by atoms with Gasteiger partial charge in [-0.25, -0.2) is 0 Å². The highest BCUT2D eigenvalue weighted by Crippen LogP contribution is 2.02. The van der Waals surface area contributed by atoms with Crippen molar-refractivity contribution in [3.05, 3.63) is 0 Å². The molecular formula is C5H10BrClO2. The standard InChI is InChI=1S/C5H10BrClO2/c1-8-2-3-9-5(6)4-7/h5H,2-4H2,1H3/t5-/m1/s1. The minimum Gasteiger partial charge on any atom is -0.382 e. The van der Waals surface area contributed by atoms with E-state index in [-0.39, 0.29) is 5.01 Å². The Hall–Kier alpha value is 0.690. The summed E-state index contributed by atoms with van der Waals surface area (Å²) in [5, 5.41) is -0.0469. The second kappa shape index (κ2) is 6.81. The number of halogens is 2. The van der Waals surface area contributed by atoms with E-state index in [9.17, 15) is 0 Å². The van der Waals surface area contributed by atoms with Gasteiger partial charge in [-0.3, -0.25) is 0 Å². The minimum absolute atomic E-state index is 0.0469. The highest BCUT2D eigenvalue weighted by Gasteiger charge is 1.98. The van der Waals surface area contributed by atoms with E-state index in [1.807, 2.05) is 0 Å². The third-order valence-electron chi connectivity index (χ3n) is 0.707. The lowest BCUT2D eigenvalue weighted by Gasteiger charge is -2.05. The third-order valence-corrected chi connectivity index (χ3v) is 1.95. The molecule has 0 heterocycles. The van der Waals surface area contributed by atoms with Gasteiger partial charge in [0.2, 0.25) is 0 Å². The predicted molar refractivity (Wildman–Crippen MR) is 41.3 cm³/mol. The largest absolute Gasteiger partial charge is 0.382 e. The van der Waals surface area contributed by atoms with Gasteiger partial charge >= 0.3 is 0 Å². The zero-order valence-electron chi connectivity index (χ0n) is 5.27. The van der Waals surface area contributed by atoms with Gasteiger partial charge in [0, 0.05) is 7.11 Å². The van der Waals surface area contributed by atoms with Crippen molar-refractivity contribution in [2.75, 3.05) is 26.2 Å². The smallest absolute Gasteiger partial charge is 0.126 e. The number of methoxy groups -OCH3 is 1. The van der Waals surface area contributed by atoms with Crippen LogP contribution in [0.1, 0.15) is 0 Å². The van der Waals surface area contributed by atoms with Gasteiger partial charge in [-0.2, -0.15) is 0 Å². The van der Waals surface area contributed by atoms with Crippen molar-refractivity contribution < 1.29 is 9.47 Å². The lowest BCUT2D eigenvalue weighted by atomic mass is 10.7. The van der Waals surface area contributed by atoms with Gasteiger partial charge < -0.3 is 9.47 Å². The fraction of sp³-hybridized carbons (Fsp3) is 1.00. The molecule has 4 heteroatoms. The molecule has 0 N–H and O–H groups in total. The van der Waals surface area contributed by atoms with Crippen molar-refractivity contribution in [1.29, 1.82) is 0 Å². The molecule has 0 saturated heterocycles. The first-order chi connectivity index (χ1) is 4.31. The van der Waals surface area contributed by atoms with E-state index in [0.29, 0.717) is 19.1 Å². The average molecular weight is 217 g/mol. The molecule has 0 fully saturated rings. The Morgan fingerprint density at radius 2 is 2.22 bits per heavy atom. The molecular weight excluding hydrogens is 207 g/mol. The molecule has 0 aliphatic rings. The highest BCUT2D eigenvalue weighted by atomic mass is 79.9. The van der Waals surface area contributed by atoms with Crippen LogP contribution in [-0.2, 0) is 9.47 Å². The molecule has 0 aromatic rings. The molecule has 0 aliphatic heterocycles. The Morgan fingerprint density at radius 3 is 2.67 bits per heavy atom. The zero-order valence-corrected chi connectivity index (χ0v) is 7.61. The van der Waals surface area contributed by atoms with Crippen LogP contribution in [0.4, 0.5) is 0 Å². The summed E-state index contributed by atoms with van der Waals surface area (Å²) in [5.74, 6) is 0.462. The second-order valence-corrected chi connectivity index (χ2v) is 2.76. The Morgan fingerprint density at radius 1 is 1.56 bits per heavy atom. The Balaban J connectivity index is 2.88. The Kier molecular flexibility index (Phi) is 7.33. The molecule has 0 rings (SSSR count). The Bertz CT molecular complexity index is 62.9. The molecule has 0 aromatic heterocycles. The van der Waals surface area contributed by atoms with Crippen molar-refractivity contribution >= 4 is 27.5 Å². The molecule has 9 heavy (non-hydrogen) atoms. The van der Waals surface area contributed by atoms with Gasteiger partial charge in [-0.15, -0.1) is 11.6 Å². The van der Waals surface area contributed by atoms with Crippen molar-refractivity contribution in [2.45, 2.75) is 5.01 Å². The summed E-state index contributed by atoms with van der Waals surface area (Å²) in [6.45, 7) is 1.19. The van der Waals surface area contributed by atoms with E-state index in [0.717, 1.165) is 0 Å². The molecule has 0 saturated carbocycles. The van der Waals surface area contributed by atoms with Crippen LogP contribution in [0.5, 0.6) is 0 Å². The van der Waals surface area contributed by atoms with Crippen molar-refractivity contribution in [3.8, 4) is 0 Å². The molecule has 0 bridgehead atoms. The van der Waals surface area contributed by atoms with Crippen LogP contribution in [0, 0.1) is 0 Å². The fourth-order valence-corrected chi connectivity index (χ4v) is 0.580. The van der Waals surface area contributed by atoms with E-state index in [2.05, 4.69) is 15.9 Å². The van der Waals surface area contributed by atoms with Gasteiger partial charge in [0.1, 0.15) is 5.01 Å². The molecule has 0 aliphatic carbocycles. The van der Waals surface area contributed by atoms with Gasteiger partial charge in [-0.05, 0) is 0 Å². The first-order valence-corrected chi connectivity index (χ1v) is 4.07. The maximum Gasteiger partial charge on any atom is 0.126 e. The van der Waals surface area contributed by atoms with Gasteiger partial charge in [0.05, 0.1) is 19.1 Å². The lowest BCUT2D eigenvalue weighted by molar-refractivity contribution is 0.0677. The van der Waals surface area contributed by atoms with Crippen LogP contribution in [0.2, 0.25) is 0 Å². The van der Waals surface area contributed by atoms with Crippen LogP contribution in [0.25, 0.3) is 0 Å². The summed E-state index contributed by atoms with van der Waals surface area (Å²) in [5.41, 5.74) is 0. The Labute approximate surface area is 68.6 Å². The van der Waals surface area contributed by atoms with Gasteiger partial charge in [0.25, 0.3) is 0 Å². The monoisotopic (exact) mass is 216 g/mol. The number of rotatable bonds is 5. The lowest BCUT2D eigenvalue weighted by Crippen LogP contribution is -2.10. The topological polar surface area (TPSA) is 18.5 Å². The zero-order chi connectivity index (χ0) is 7.11. The van der Waals surface area contributed by atoms with Crippen molar-refractivity contribution in [3.63, 3.8) is 0 Å². The fourth-order valence-electron chi connectivity index (χ4n) is 0.304. The molecule has 0 unspecified atom stereocenters. The molecule has 2 nitrogen and oxygen atoms in total. The molecule has 0 radical (unpaired) electrons. The van der Waals surface area contributed by atoms with Crippen LogP contribution < -0.4 is 0 Å². The van der Waals surface area contributed by atoms with Crippen LogP contribution in [0.15, 0.2) is 0 Å². The minimum atomic E-state index is -0.0469. The molecule has 0 spiro atoms. The van der Waals surface area contributed by atoms with Crippen LogP contribution in [0.3, 0.4) is 0 Å². The highest BCUT2D eigenvalue weighted by molar-refractivity contribution is 9.09. The number of alkyl halides is 2. The third kappa shape index (κ3) is 6.58. The van der Waals surface area contributed by atoms with Gasteiger partial charge in [-0.1, -0.05) is 15.9 Å². The summed E-state index contributed by atoms with van der Waals surface area (Å²) >= 11 is 8.62. The summed E-state index contributed by atoms with van der Waals surface area (Å²) in [7, 11) is 1.63. The quantitative estimate of drug-likeness (QED) is 0.515. The molecule has 0 aromatic carbocycles. The summed E-state index contributed by atoms with van der Waals surface area (Å²) < 4.78 is 9.84. The molecule has 1 atom stereocenters. The van der Waals surface area contributed by atoms with Gasteiger partial charge in [0.15, 0.2) is 0 Å². The molecule has 56 valence electrons. The number of hydrogen-bond acceptors (Lipinski definition) is 2. The molecule has 0 amide bonds. The summed E-state index contributed by atoms with van der Waals surface area (Å²) in [4.78, 5) is 0. The predicted octanol–water partition coefficient (Wildman–Crippen LogP) is 1.61. The first-order valence-electron chi connectivity index (χ1n) is 2.62.